The monoisotopic (exact) mass is 399 g/mol. The maximum Gasteiger partial charge on any atom is 0.325 e. The number of carboxylic acids is 1. The van der Waals surface area contributed by atoms with Crippen LogP contribution < -0.4 is 10.6 Å². The fourth-order valence-corrected chi connectivity index (χ4v) is 3.05. The van der Waals surface area contributed by atoms with Crippen LogP contribution in [0.3, 0.4) is 0 Å². The summed E-state index contributed by atoms with van der Waals surface area (Å²) in [7, 11) is 0. The van der Waals surface area contributed by atoms with Crippen LogP contribution >= 0.6 is 0 Å². The van der Waals surface area contributed by atoms with E-state index >= 15 is 0 Å². The van der Waals surface area contributed by atoms with Crippen molar-refractivity contribution in [2.24, 2.45) is 0 Å². The fraction of sp³-hybridized carbons (Fsp3) is 0.250. The summed E-state index contributed by atoms with van der Waals surface area (Å²) in [4.78, 5) is 46.3. The molecule has 1 unspecified atom stereocenters. The molecule has 2 rings (SSSR count). The van der Waals surface area contributed by atoms with E-state index in [4.69, 9.17) is 5.11 Å². The molecule has 0 bridgehead atoms. The third-order valence-electron chi connectivity index (χ3n) is 4.46. The number of nitro groups is 1. The van der Waals surface area contributed by atoms with E-state index in [1.807, 2.05) is 0 Å². The Kier molecular flexibility index (Phi) is 6.32. The van der Waals surface area contributed by atoms with E-state index in [-0.39, 0.29) is 22.4 Å². The minimum absolute atomic E-state index is 0.0969. The van der Waals surface area contributed by atoms with E-state index in [0.29, 0.717) is 16.8 Å². The van der Waals surface area contributed by atoms with Gasteiger partial charge in [0.1, 0.15) is 6.04 Å². The summed E-state index contributed by atoms with van der Waals surface area (Å²) in [5, 5.41) is 25.1. The number of carbonyl (C=O) groups excluding carboxylic acids is 2. The van der Waals surface area contributed by atoms with Crippen molar-refractivity contribution in [3.63, 3.8) is 0 Å². The van der Waals surface area contributed by atoms with Crippen molar-refractivity contribution in [3.8, 4) is 0 Å². The number of rotatable bonds is 6. The predicted octanol–water partition coefficient (Wildman–Crippen LogP) is 2.98. The summed E-state index contributed by atoms with van der Waals surface area (Å²) in [5.74, 6) is -2.21. The average molecular weight is 399 g/mol. The van der Waals surface area contributed by atoms with Crippen molar-refractivity contribution in [1.29, 1.82) is 0 Å². The second kappa shape index (κ2) is 8.51. The quantitative estimate of drug-likeness (QED) is 0.504. The lowest BCUT2D eigenvalue weighted by Gasteiger charge is -2.13. The van der Waals surface area contributed by atoms with Crippen LogP contribution in [0.5, 0.6) is 0 Å². The van der Waals surface area contributed by atoms with Gasteiger partial charge in [-0.1, -0.05) is 0 Å². The smallest absolute Gasteiger partial charge is 0.325 e. The fourth-order valence-electron chi connectivity index (χ4n) is 3.05. The van der Waals surface area contributed by atoms with Crippen molar-refractivity contribution >= 4 is 29.2 Å². The van der Waals surface area contributed by atoms with Crippen LogP contribution in [0.4, 0.5) is 11.4 Å². The van der Waals surface area contributed by atoms with Crippen molar-refractivity contribution in [1.82, 2.24) is 5.32 Å². The standard InChI is InChI=1S/C20H21N3O6/c1-10-9-11(2)17(23(28)29)12(3)16(10)19(25)22-15-7-5-14(6-8-15)18(24)21-13(4)20(26)27/h5-9,13H,1-4H3,(H,21,24)(H,22,25)(H,26,27). The lowest BCUT2D eigenvalue weighted by Crippen LogP contribution is -2.38. The highest BCUT2D eigenvalue weighted by atomic mass is 16.6. The van der Waals surface area contributed by atoms with E-state index in [9.17, 15) is 24.5 Å². The number of aryl methyl sites for hydroxylation is 2. The molecule has 0 fully saturated rings. The summed E-state index contributed by atoms with van der Waals surface area (Å²) in [5.41, 5.74) is 2.12. The molecule has 29 heavy (non-hydrogen) atoms. The Morgan fingerprint density at radius 3 is 2.14 bits per heavy atom. The highest BCUT2D eigenvalue weighted by Crippen LogP contribution is 2.29. The normalized spacial score (nSPS) is 11.4. The van der Waals surface area contributed by atoms with Gasteiger partial charge in [0.15, 0.2) is 0 Å². The molecule has 0 saturated heterocycles. The van der Waals surface area contributed by atoms with Crippen LogP contribution in [-0.2, 0) is 4.79 Å². The zero-order valence-corrected chi connectivity index (χ0v) is 16.4. The van der Waals surface area contributed by atoms with Gasteiger partial charge in [0.05, 0.1) is 10.5 Å². The minimum Gasteiger partial charge on any atom is -0.480 e. The van der Waals surface area contributed by atoms with Gasteiger partial charge in [-0.05, 0) is 63.6 Å². The number of benzene rings is 2. The molecule has 0 aromatic heterocycles. The van der Waals surface area contributed by atoms with E-state index in [1.54, 1.807) is 19.9 Å². The minimum atomic E-state index is -1.15. The number of hydrogen-bond donors (Lipinski definition) is 3. The van der Waals surface area contributed by atoms with Crippen molar-refractivity contribution in [2.45, 2.75) is 33.7 Å². The summed E-state index contributed by atoms with van der Waals surface area (Å²) < 4.78 is 0. The van der Waals surface area contributed by atoms with Gasteiger partial charge in [-0.25, -0.2) is 0 Å². The molecule has 1 atom stereocenters. The van der Waals surface area contributed by atoms with Crippen LogP contribution in [0.2, 0.25) is 0 Å². The first-order valence-corrected chi connectivity index (χ1v) is 8.73. The van der Waals surface area contributed by atoms with Crippen LogP contribution in [0.15, 0.2) is 30.3 Å². The Bertz CT molecular complexity index is 998. The number of anilines is 1. The van der Waals surface area contributed by atoms with Gasteiger partial charge in [-0.15, -0.1) is 0 Å². The topological polar surface area (TPSA) is 139 Å². The van der Waals surface area contributed by atoms with Gasteiger partial charge in [-0.2, -0.15) is 0 Å². The SMILES string of the molecule is Cc1cc(C)c([N+](=O)[O-])c(C)c1C(=O)Nc1ccc(C(=O)NC(C)C(=O)O)cc1. The van der Waals surface area contributed by atoms with Crippen molar-refractivity contribution in [2.75, 3.05) is 5.32 Å². The first-order valence-electron chi connectivity index (χ1n) is 8.73. The summed E-state index contributed by atoms with van der Waals surface area (Å²) in [6.07, 6.45) is 0. The molecule has 0 aliphatic carbocycles. The zero-order chi connectivity index (χ0) is 21.9. The van der Waals surface area contributed by atoms with Gasteiger partial charge < -0.3 is 15.7 Å². The third-order valence-corrected chi connectivity index (χ3v) is 4.46. The number of amides is 2. The van der Waals surface area contributed by atoms with E-state index < -0.39 is 28.7 Å². The molecule has 9 heteroatoms. The number of carboxylic acid groups (broad SMARTS) is 1. The van der Waals surface area contributed by atoms with E-state index in [1.165, 1.54) is 38.1 Å². The number of hydrogen-bond acceptors (Lipinski definition) is 5. The Labute approximate surface area is 166 Å². The predicted molar refractivity (Wildman–Crippen MR) is 106 cm³/mol. The second-order valence-electron chi connectivity index (χ2n) is 6.68. The van der Waals surface area contributed by atoms with Gasteiger partial charge >= 0.3 is 5.97 Å². The summed E-state index contributed by atoms with van der Waals surface area (Å²) in [6, 6.07) is 6.42. The van der Waals surface area contributed by atoms with Crippen molar-refractivity contribution in [3.05, 3.63) is 68.3 Å². The molecule has 2 amide bonds. The Balaban J connectivity index is 2.22. The molecule has 0 aliphatic heterocycles. The molecule has 3 N–H and O–H groups in total. The largest absolute Gasteiger partial charge is 0.480 e. The number of aliphatic carboxylic acids is 1. The lowest BCUT2D eigenvalue weighted by molar-refractivity contribution is -0.386. The number of nitrogens with one attached hydrogen (secondary N) is 2. The van der Waals surface area contributed by atoms with Crippen LogP contribution in [-0.4, -0.2) is 33.9 Å². The number of nitrogens with zero attached hydrogens (tertiary/aromatic N) is 1. The molecule has 0 heterocycles. The Morgan fingerprint density at radius 2 is 1.62 bits per heavy atom. The molecule has 0 saturated carbocycles. The zero-order valence-electron chi connectivity index (χ0n) is 16.4. The molecule has 9 nitrogen and oxygen atoms in total. The molecular formula is C20H21N3O6. The van der Waals surface area contributed by atoms with Gasteiger partial charge in [0.25, 0.3) is 17.5 Å². The third kappa shape index (κ3) is 4.75. The molecule has 0 aliphatic rings. The molecule has 0 spiro atoms. The van der Waals surface area contributed by atoms with E-state index in [2.05, 4.69) is 10.6 Å². The molecule has 2 aromatic rings. The Morgan fingerprint density at radius 1 is 1.03 bits per heavy atom. The van der Waals surface area contributed by atoms with Crippen LogP contribution in [0, 0.1) is 30.9 Å². The highest BCUT2D eigenvalue weighted by Gasteiger charge is 2.24. The molecule has 152 valence electrons. The van der Waals surface area contributed by atoms with Gasteiger partial charge in [0.2, 0.25) is 0 Å². The van der Waals surface area contributed by atoms with Crippen molar-refractivity contribution < 1.29 is 24.4 Å². The first-order chi connectivity index (χ1) is 13.5. The highest BCUT2D eigenvalue weighted by molar-refractivity contribution is 6.07. The molecule has 2 aromatic carbocycles. The molecule has 0 radical (unpaired) electrons. The number of nitro benzene ring substituents is 1. The molecular weight excluding hydrogens is 378 g/mol. The van der Waals surface area contributed by atoms with Gasteiger partial charge in [0, 0.05) is 22.4 Å². The maximum absolute atomic E-state index is 12.7. The Hall–Kier alpha value is -3.75. The average Bonchev–Trinajstić information content (AvgIpc) is 2.61. The summed E-state index contributed by atoms with van der Waals surface area (Å²) in [6.45, 7) is 6.20. The number of carbonyl (C=O) groups is 3. The first kappa shape index (κ1) is 21.5. The van der Waals surface area contributed by atoms with Crippen LogP contribution in [0.25, 0.3) is 0 Å². The summed E-state index contributed by atoms with van der Waals surface area (Å²) >= 11 is 0. The van der Waals surface area contributed by atoms with Crippen LogP contribution in [0.1, 0.15) is 44.3 Å². The maximum atomic E-state index is 12.7. The van der Waals surface area contributed by atoms with Gasteiger partial charge in [-0.3, -0.25) is 24.5 Å². The second-order valence-corrected chi connectivity index (χ2v) is 6.68. The van der Waals surface area contributed by atoms with E-state index in [0.717, 1.165) is 0 Å². The lowest BCUT2D eigenvalue weighted by atomic mass is 9.96.